The van der Waals surface area contributed by atoms with Crippen LogP contribution in [0.1, 0.15) is 33.6 Å². The molecule has 1 amide bonds. The molecule has 2 N–H and O–H groups in total. The number of carbonyl (C=O) groups is 2. The van der Waals surface area contributed by atoms with Crippen LogP contribution >= 0.6 is 0 Å². The van der Waals surface area contributed by atoms with Crippen molar-refractivity contribution in [1.29, 1.82) is 0 Å². The smallest absolute Gasteiger partial charge is 0.335 e. The fourth-order valence-electron chi connectivity index (χ4n) is 1.96. The molecule has 1 fully saturated rings. The summed E-state index contributed by atoms with van der Waals surface area (Å²) in [6.07, 6.45) is 1.94. The molecule has 17 heavy (non-hydrogen) atoms. The molecule has 2 rings (SSSR count). The maximum absolute atomic E-state index is 12.0. The zero-order chi connectivity index (χ0) is 12.4. The quantitative estimate of drug-likeness (QED) is 0.810. The normalized spacial score (nSPS) is 14.9. The summed E-state index contributed by atoms with van der Waals surface area (Å²) < 4.78 is 0. The Hall–Kier alpha value is -2.04. The monoisotopic (exact) mass is 235 g/mol. The first kappa shape index (κ1) is 11.4. The molecule has 0 radical (unpaired) electrons. The fourth-order valence-corrected chi connectivity index (χ4v) is 1.96. The number of carboxylic acid groups (broad SMARTS) is 1. The van der Waals surface area contributed by atoms with Crippen LogP contribution in [0.4, 0.5) is 0 Å². The summed E-state index contributed by atoms with van der Waals surface area (Å²) in [4.78, 5) is 24.5. The molecule has 90 valence electrons. The molecule has 1 aliphatic heterocycles. The maximum Gasteiger partial charge on any atom is 0.335 e. The van der Waals surface area contributed by atoms with Gasteiger partial charge in [0.1, 0.15) is 5.75 Å². The molecule has 0 bridgehead atoms. The molecule has 1 aromatic rings. The lowest BCUT2D eigenvalue weighted by Gasteiger charge is -2.15. The summed E-state index contributed by atoms with van der Waals surface area (Å²) in [5, 5.41) is 18.2. The highest BCUT2D eigenvalue weighted by molar-refractivity contribution is 5.98. The van der Waals surface area contributed by atoms with Gasteiger partial charge >= 0.3 is 5.97 Å². The van der Waals surface area contributed by atoms with Crippen molar-refractivity contribution < 1.29 is 19.8 Å². The fraction of sp³-hybridized carbons (Fsp3) is 0.333. The van der Waals surface area contributed by atoms with Gasteiger partial charge in [0.15, 0.2) is 0 Å². The molecule has 0 atom stereocenters. The van der Waals surface area contributed by atoms with Crippen molar-refractivity contribution in [3.8, 4) is 5.75 Å². The van der Waals surface area contributed by atoms with Crippen LogP contribution in [0, 0.1) is 0 Å². The summed E-state index contributed by atoms with van der Waals surface area (Å²) in [5.74, 6) is -1.58. The van der Waals surface area contributed by atoms with Gasteiger partial charge in [0.25, 0.3) is 5.91 Å². The van der Waals surface area contributed by atoms with Gasteiger partial charge in [0.2, 0.25) is 0 Å². The van der Waals surface area contributed by atoms with E-state index in [1.807, 2.05) is 0 Å². The van der Waals surface area contributed by atoms with E-state index in [1.165, 1.54) is 12.1 Å². The molecule has 0 spiro atoms. The lowest BCUT2D eigenvalue weighted by atomic mass is 10.1. The molecule has 0 aromatic heterocycles. The van der Waals surface area contributed by atoms with E-state index in [1.54, 1.807) is 4.90 Å². The number of hydrogen-bond acceptors (Lipinski definition) is 3. The summed E-state index contributed by atoms with van der Waals surface area (Å²) >= 11 is 0. The van der Waals surface area contributed by atoms with Gasteiger partial charge < -0.3 is 15.1 Å². The number of carbonyl (C=O) groups excluding carboxylic acids is 1. The van der Waals surface area contributed by atoms with Crippen molar-refractivity contribution in [3.63, 3.8) is 0 Å². The minimum Gasteiger partial charge on any atom is -0.508 e. The number of carboxylic acids is 1. The van der Waals surface area contributed by atoms with Gasteiger partial charge in [-0.3, -0.25) is 4.79 Å². The minimum absolute atomic E-state index is 0.0763. The Morgan fingerprint density at radius 2 is 1.65 bits per heavy atom. The molecule has 1 aliphatic rings. The van der Waals surface area contributed by atoms with E-state index < -0.39 is 5.97 Å². The number of amides is 1. The lowest BCUT2D eigenvalue weighted by Crippen LogP contribution is -2.27. The Morgan fingerprint density at radius 3 is 2.24 bits per heavy atom. The van der Waals surface area contributed by atoms with Crippen molar-refractivity contribution in [2.75, 3.05) is 13.1 Å². The highest BCUT2D eigenvalue weighted by atomic mass is 16.4. The van der Waals surface area contributed by atoms with E-state index in [0.717, 1.165) is 18.9 Å². The van der Waals surface area contributed by atoms with E-state index in [2.05, 4.69) is 0 Å². The molecule has 0 unspecified atom stereocenters. The number of aromatic carboxylic acids is 1. The number of benzene rings is 1. The van der Waals surface area contributed by atoms with Crippen LogP contribution in [0.3, 0.4) is 0 Å². The molecule has 1 aromatic carbocycles. The first-order valence-electron chi connectivity index (χ1n) is 5.44. The van der Waals surface area contributed by atoms with Gasteiger partial charge in [-0.05, 0) is 31.0 Å². The number of phenolic OH excluding ortho intramolecular Hbond substituents is 1. The Bertz CT molecular complexity index is 464. The van der Waals surface area contributed by atoms with E-state index in [-0.39, 0.29) is 22.8 Å². The topological polar surface area (TPSA) is 77.8 Å². The van der Waals surface area contributed by atoms with Crippen LogP contribution in [-0.2, 0) is 0 Å². The Kier molecular flexibility index (Phi) is 2.99. The van der Waals surface area contributed by atoms with E-state index in [4.69, 9.17) is 5.11 Å². The number of aromatic hydroxyl groups is 1. The zero-order valence-corrected chi connectivity index (χ0v) is 9.22. The number of nitrogens with zero attached hydrogens (tertiary/aromatic N) is 1. The van der Waals surface area contributed by atoms with Crippen LogP contribution in [0.25, 0.3) is 0 Å². The average Bonchev–Trinajstić information content (AvgIpc) is 2.80. The van der Waals surface area contributed by atoms with Crippen LogP contribution in [-0.4, -0.2) is 40.1 Å². The van der Waals surface area contributed by atoms with E-state index >= 15 is 0 Å². The molecular formula is C12H13NO4. The second-order valence-electron chi connectivity index (χ2n) is 4.07. The van der Waals surface area contributed by atoms with Gasteiger partial charge in [0.05, 0.1) is 5.56 Å². The SMILES string of the molecule is O=C(O)c1cc(O)cc(C(=O)N2CCCC2)c1. The average molecular weight is 235 g/mol. The van der Waals surface area contributed by atoms with E-state index in [0.29, 0.717) is 13.1 Å². The summed E-state index contributed by atoms with van der Waals surface area (Å²) in [7, 11) is 0. The zero-order valence-electron chi connectivity index (χ0n) is 9.22. The summed E-state index contributed by atoms with van der Waals surface area (Å²) in [6.45, 7) is 1.38. The number of phenols is 1. The second kappa shape index (κ2) is 4.45. The van der Waals surface area contributed by atoms with Crippen molar-refractivity contribution in [1.82, 2.24) is 4.90 Å². The van der Waals surface area contributed by atoms with Gasteiger partial charge in [-0.1, -0.05) is 0 Å². The highest BCUT2D eigenvalue weighted by Gasteiger charge is 2.21. The molecular weight excluding hydrogens is 222 g/mol. The predicted octanol–water partition coefficient (Wildman–Crippen LogP) is 1.33. The molecule has 1 saturated heterocycles. The standard InChI is InChI=1S/C12H13NO4/c14-10-6-8(5-9(7-10)12(16)17)11(15)13-3-1-2-4-13/h5-7,14H,1-4H2,(H,16,17). The molecule has 5 nitrogen and oxygen atoms in total. The van der Waals surface area contributed by atoms with Crippen molar-refractivity contribution in [2.24, 2.45) is 0 Å². The van der Waals surface area contributed by atoms with Crippen LogP contribution in [0.2, 0.25) is 0 Å². The van der Waals surface area contributed by atoms with Crippen LogP contribution < -0.4 is 0 Å². The third-order valence-corrected chi connectivity index (χ3v) is 2.80. The Morgan fingerprint density at radius 1 is 1.06 bits per heavy atom. The Labute approximate surface area is 98.3 Å². The van der Waals surface area contributed by atoms with Gasteiger partial charge in [-0.25, -0.2) is 4.79 Å². The van der Waals surface area contributed by atoms with Crippen LogP contribution in [0.5, 0.6) is 5.75 Å². The highest BCUT2D eigenvalue weighted by Crippen LogP contribution is 2.19. The minimum atomic E-state index is -1.16. The number of likely N-dealkylation sites (tertiary alicyclic amines) is 1. The summed E-state index contributed by atoms with van der Waals surface area (Å²) in [5.41, 5.74) is 0.150. The second-order valence-corrected chi connectivity index (χ2v) is 4.07. The van der Waals surface area contributed by atoms with Gasteiger partial charge in [-0.2, -0.15) is 0 Å². The largest absolute Gasteiger partial charge is 0.508 e. The third kappa shape index (κ3) is 2.38. The first-order valence-corrected chi connectivity index (χ1v) is 5.44. The number of hydrogen-bond donors (Lipinski definition) is 2. The summed E-state index contributed by atoms with van der Waals surface area (Å²) in [6, 6.07) is 3.72. The first-order chi connectivity index (χ1) is 8.08. The maximum atomic E-state index is 12.0. The third-order valence-electron chi connectivity index (χ3n) is 2.80. The van der Waals surface area contributed by atoms with Gasteiger partial charge in [-0.15, -0.1) is 0 Å². The lowest BCUT2D eigenvalue weighted by molar-refractivity contribution is 0.0696. The predicted molar refractivity (Wildman–Crippen MR) is 60.2 cm³/mol. The Balaban J connectivity index is 2.31. The van der Waals surface area contributed by atoms with E-state index in [9.17, 15) is 14.7 Å². The molecule has 0 saturated carbocycles. The molecule has 1 heterocycles. The number of rotatable bonds is 2. The van der Waals surface area contributed by atoms with Crippen molar-refractivity contribution in [2.45, 2.75) is 12.8 Å². The van der Waals surface area contributed by atoms with Crippen LogP contribution in [0.15, 0.2) is 18.2 Å². The molecule has 0 aliphatic carbocycles. The van der Waals surface area contributed by atoms with Crippen molar-refractivity contribution >= 4 is 11.9 Å². The van der Waals surface area contributed by atoms with Crippen molar-refractivity contribution in [3.05, 3.63) is 29.3 Å². The van der Waals surface area contributed by atoms with Gasteiger partial charge in [0, 0.05) is 18.7 Å². The molecule has 5 heteroatoms.